The van der Waals surface area contributed by atoms with Crippen LogP contribution >= 0.6 is 0 Å². The Morgan fingerprint density at radius 1 is 0.848 bits per heavy atom. The van der Waals surface area contributed by atoms with Gasteiger partial charge in [-0.15, -0.1) is 0 Å². The Balaban J connectivity index is 1.46. The molecule has 0 saturated heterocycles. The lowest BCUT2D eigenvalue weighted by Gasteiger charge is -2.10. The molecule has 0 aliphatic rings. The number of carbonyl (C=O) groups excluding carboxylic acids is 1. The molecule has 0 saturated carbocycles. The van der Waals surface area contributed by atoms with E-state index in [9.17, 15) is 4.79 Å². The lowest BCUT2D eigenvalue weighted by atomic mass is 10.0. The highest BCUT2D eigenvalue weighted by atomic mass is 16.5. The minimum atomic E-state index is -0.173. The molecule has 6 heteroatoms. The van der Waals surface area contributed by atoms with Gasteiger partial charge in [0.05, 0.1) is 7.11 Å². The molecule has 6 nitrogen and oxygen atoms in total. The van der Waals surface area contributed by atoms with Gasteiger partial charge in [0.15, 0.2) is 0 Å². The first kappa shape index (κ1) is 22.0. The number of ether oxygens (including phenoxy) is 2. The number of rotatable bonds is 7. The van der Waals surface area contributed by atoms with Gasteiger partial charge in [0.1, 0.15) is 11.5 Å². The van der Waals surface area contributed by atoms with Gasteiger partial charge < -0.3 is 14.8 Å². The van der Waals surface area contributed by atoms with Crippen molar-refractivity contribution in [3.8, 4) is 28.6 Å². The minimum Gasteiger partial charge on any atom is -0.497 e. The Kier molecular flexibility index (Phi) is 6.64. The van der Waals surface area contributed by atoms with E-state index in [4.69, 9.17) is 9.47 Å². The van der Waals surface area contributed by atoms with Gasteiger partial charge in [-0.3, -0.25) is 4.79 Å². The highest BCUT2D eigenvalue weighted by Gasteiger charge is 2.10. The van der Waals surface area contributed by atoms with Crippen molar-refractivity contribution in [2.45, 2.75) is 19.8 Å². The van der Waals surface area contributed by atoms with Crippen LogP contribution in [0.1, 0.15) is 35.7 Å². The third kappa shape index (κ3) is 5.54. The van der Waals surface area contributed by atoms with E-state index in [1.165, 1.54) is 5.56 Å². The maximum absolute atomic E-state index is 12.8. The van der Waals surface area contributed by atoms with Crippen LogP contribution in [0.4, 0.5) is 5.69 Å². The molecule has 1 heterocycles. The van der Waals surface area contributed by atoms with Crippen molar-refractivity contribution >= 4 is 11.6 Å². The maximum atomic E-state index is 12.8. The number of carbonyl (C=O) groups is 1. The molecule has 1 N–H and O–H groups in total. The van der Waals surface area contributed by atoms with Crippen molar-refractivity contribution in [2.75, 3.05) is 12.4 Å². The molecule has 0 aliphatic heterocycles. The fourth-order valence-electron chi connectivity index (χ4n) is 3.28. The van der Waals surface area contributed by atoms with Crippen LogP contribution in [0.2, 0.25) is 0 Å². The molecule has 1 amide bonds. The number of hydrogen-bond donors (Lipinski definition) is 1. The number of nitrogens with zero attached hydrogens (tertiary/aromatic N) is 2. The number of aromatic nitrogens is 2. The summed E-state index contributed by atoms with van der Waals surface area (Å²) in [4.78, 5) is 21.3. The average Bonchev–Trinajstić information content (AvgIpc) is 2.85. The van der Waals surface area contributed by atoms with E-state index in [1.54, 1.807) is 37.7 Å². The first-order valence-electron chi connectivity index (χ1n) is 10.7. The summed E-state index contributed by atoms with van der Waals surface area (Å²) in [7, 11) is 1.60. The highest BCUT2D eigenvalue weighted by Crippen LogP contribution is 2.25. The molecule has 4 rings (SSSR count). The van der Waals surface area contributed by atoms with Gasteiger partial charge in [0, 0.05) is 35.3 Å². The van der Waals surface area contributed by atoms with Crippen molar-refractivity contribution < 1.29 is 14.3 Å². The molecular weight excluding hydrogens is 414 g/mol. The third-order valence-corrected chi connectivity index (χ3v) is 5.17. The van der Waals surface area contributed by atoms with Crippen molar-refractivity contribution in [3.05, 3.63) is 96.3 Å². The number of anilines is 1. The molecule has 0 bridgehead atoms. The number of benzene rings is 3. The molecule has 33 heavy (non-hydrogen) atoms. The van der Waals surface area contributed by atoms with Crippen LogP contribution < -0.4 is 14.8 Å². The highest BCUT2D eigenvalue weighted by molar-refractivity contribution is 6.04. The van der Waals surface area contributed by atoms with Crippen molar-refractivity contribution in [1.82, 2.24) is 9.97 Å². The van der Waals surface area contributed by atoms with Crippen LogP contribution in [0, 0.1) is 0 Å². The van der Waals surface area contributed by atoms with E-state index in [1.807, 2.05) is 54.6 Å². The van der Waals surface area contributed by atoms with Crippen molar-refractivity contribution in [3.63, 3.8) is 0 Å². The molecular formula is C27H25N3O3. The number of methoxy groups -OCH3 is 1. The van der Waals surface area contributed by atoms with Crippen molar-refractivity contribution in [1.29, 1.82) is 0 Å². The van der Waals surface area contributed by atoms with E-state index >= 15 is 0 Å². The topological polar surface area (TPSA) is 73.3 Å². The summed E-state index contributed by atoms with van der Waals surface area (Å²) < 4.78 is 10.9. The van der Waals surface area contributed by atoms with Gasteiger partial charge in [-0.1, -0.05) is 44.2 Å². The van der Waals surface area contributed by atoms with Gasteiger partial charge >= 0.3 is 6.01 Å². The standard InChI is InChI=1S/C27H25N3O3/c1-18(2)19-10-12-23(13-11-19)30-26(31)21-7-4-6-20(14-21)22-16-28-27(29-17-22)33-25-9-5-8-24(15-25)32-3/h4-18H,1-3H3,(H,30,31). The molecule has 0 atom stereocenters. The first-order valence-corrected chi connectivity index (χ1v) is 10.7. The van der Waals surface area contributed by atoms with Crippen LogP contribution in [0.15, 0.2) is 85.2 Å². The van der Waals surface area contributed by atoms with E-state index in [0.29, 0.717) is 23.0 Å². The quantitative estimate of drug-likeness (QED) is 0.365. The average molecular weight is 440 g/mol. The van der Waals surface area contributed by atoms with Crippen molar-refractivity contribution in [2.24, 2.45) is 0 Å². The lowest BCUT2D eigenvalue weighted by molar-refractivity contribution is 0.102. The number of amides is 1. The molecule has 0 fully saturated rings. The van der Waals surface area contributed by atoms with Crippen LogP contribution in [0.5, 0.6) is 17.5 Å². The second-order valence-electron chi connectivity index (χ2n) is 7.85. The zero-order valence-electron chi connectivity index (χ0n) is 18.8. The molecule has 0 radical (unpaired) electrons. The van der Waals surface area contributed by atoms with Gasteiger partial charge in [-0.25, -0.2) is 9.97 Å². The summed E-state index contributed by atoms with van der Waals surface area (Å²) in [5.41, 5.74) is 4.16. The van der Waals surface area contributed by atoms with E-state index < -0.39 is 0 Å². The van der Waals surface area contributed by atoms with Crippen LogP contribution in [-0.2, 0) is 0 Å². The fourth-order valence-corrected chi connectivity index (χ4v) is 3.28. The zero-order chi connectivity index (χ0) is 23.2. The smallest absolute Gasteiger partial charge is 0.321 e. The van der Waals surface area contributed by atoms with Gasteiger partial charge in [-0.05, 0) is 53.4 Å². The molecule has 166 valence electrons. The molecule has 3 aromatic carbocycles. The summed E-state index contributed by atoms with van der Waals surface area (Å²) in [5.74, 6) is 1.55. The Labute approximate surface area is 193 Å². The fraction of sp³-hybridized carbons (Fsp3) is 0.148. The van der Waals surface area contributed by atoms with Gasteiger partial charge in [0.25, 0.3) is 5.91 Å². The Bertz CT molecular complexity index is 1240. The molecule has 0 aliphatic carbocycles. The van der Waals surface area contributed by atoms with E-state index in [0.717, 1.165) is 16.8 Å². The van der Waals surface area contributed by atoms with Crippen LogP contribution in [-0.4, -0.2) is 23.0 Å². The monoisotopic (exact) mass is 439 g/mol. The Morgan fingerprint density at radius 3 is 2.24 bits per heavy atom. The van der Waals surface area contributed by atoms with E-state index in [-0.39, 0.29) is 11.9 Å². The zero-order valence-corrected chi connectivity index (χ0v) is 18.8. The largest absolute Gasteiger partial charge is 0.497 e. The summed E-state index contributed by atoms with van der Waals surface area (Å²) in [6.07, 6.45) is 3.34. The number of hydrogen-bond acceptors (Lipinski definition) is 5. The third-order valence-electron chi connectivity index (χ3n) is 5.17. The SMILES string of the molecule is COc1cccc(Oc2ncc(-c3cccc(C(=O)Nc4ccc(C(C)C)cc4)c3)cn2)c1. The first-order chi connectivity index (χ1) is 16.0. The summed E-state index contributed by atoms with van der Waals surface area (Å²) in [6.45, 7) is 4.28. The molecule has 0 unspecified atom stereocenters. The Hall–Kier alpha value is -4.19. The van der Waals surface area contributed by atoms with E-state index in [2.05, 4.69) is 29.1 Å². The second kappa shape index (κ2) is 9.96. The van der Waals surface area contributed by atoms with Gasteiger partial charge in [0.2, 0.25) is 0 Å². The summed E-state index contributed by atoms with van der Waals surface area (Å²) >= 11 is 0. The van der Waals surface area contributed by atoms with Crippen LogP contribution in [0.3, 0.4) is 0 Å². The van der Waals surface area contributed by atoms with Gasteiger partial charge in [-0.2, -0.15) is 0 Å². The number of nitrogens with one attached hydrogen (secondary N) is 1. The summed E-state index contributed by atoms with van der Waals surface area (Å²) in [6, 6.07) is 22.7. The molecule has 1 aromatic heterocycles. The maximum Gasteiger partial charge on any atom is 0.321 e. The van der Waals surface area contributed by atoms with Crippen LogP contribution in [0.25, 0.3) is 11.1 Å². The predicted octanol–water partition coefficient (Wildman–Crippen LogP) is 6.32. The second-order valence-corrected chi connectivity index (χ2v) is 7.85. The molecule has 4 aromatic rings. The molecule has 0 spiro atoms. The Morgan fingerprint density at radius 2 is 1.55 bits per heavy atom. The minimum absolute atomic E-state index is 0.173. The summed E-state index contributed by atoms with van der Waals surface area (Å²) in [5, 5.41) is 2.95. The lowest BCUT2D eigenvalue weighted by Crippen LogP contribution is -2.11. The normalized spacial score (nSPS) is 10.7. The predicted molar refractivity (Wildman–Crippen MR) is 129 cm³/mol.